The lowest BCUT2D eigenvalue weighted by Crippen LogP contribution is -2.35. The second-order valence-electron chi connectivity index (χ2n) is 5.47. The van der Waals surface area contributed by atoms with E-state index in [0.29, 0.717) is 6.04 Å². The van der Waals surface area contributed by atoms with Crippen LogP contribution in [0.2, 0.25) is 0 Å². The van der Waals surface area contributed by atoms with Gasteiger partial charge in [-0.3, -0.25) is 0 Å². The molecule has 2 heterocycles. The summed E-state index contributed by atoms with van der Waals surface area (Å²) in [5.74, 6) is 0. The molecule has 2 aromatic rings. The number of imidazole rings is 1. The Labute approximate surface area is 113 Å². The third-order valence-electron chi connectivity index (χ3n) is 4.07. The van der Waals surface area contributed by atoms with Crippen LogP contribution in [0.3, 0.4) is 0 Å². The molecular weight excluding hydrogens is 238 g/mol. The van der Waals surface area contributed by atoms with Crippen LogP contribution in [0.25, 0.3) is 11.0 Å². The number of para-hydroxylation sites is 1. The molecule has 2 unspecified atom stereocenters. The SMILES string of the molecule is Cn1cnc2c(C(O)CC3CCCCN3)cccc21. The first-order valence-electron chi connectivity index (χ1n) is 7.07. The predicted molar refractivity (Wildman–Crippen MR) is 75.9 cm³/mol. The Morgan fingerprint density at radius 2 is 2.37 bits per heavy atom. The number of benzene rings is 1. The summed E-state index contributed by atoms with van der Waals surface area (Å²) >= 11 is 0. The van der Waals surface area contributed by atoms with Crippen molar-refractivity contribution in [2.45, 2.75) is 37.8 Å². The number of aliphatic hydroxyl groups is 1. The Bertz CT molecular complexity index is 558. The highest BCUT2D eigenvalue weighted by Gasteiger charge is 2.20. The number of rotatable bonds is 3. The summed E-state index contributed by atoms with van der Waals surface area (Å²) < 4.78 is 1.99. The second-order valence-corrected chi connectivity index (χ2v) is 5.47. The first kappa shape index (κ1) is 12.6. The number of nitrogens with one attached hydrogen (secondary N) is 1. The highest BCUT2D eigenvalue weighted by atomic mass is 16.3. The van der Waals surface area contributed by atoms with E-state index >= 15 is 0 Å². The molecule has 0 amide bonds. The molecule has 19 heavy (non-hydrogen) atoms. The third-order valence-corrected chi connectivity index (χ3v) is 4.07. The molecule has 3 rings (SSSR count). The molecule has 1 aliphatic heterocycles. The van der Waals surface area contributed by atoms with Crippen molar-refractivity contribution in [3.05, 3.63) is 30.1 Å². The number of piperidine rings is 1. The normalized spacial score (nSPS) is 21.7. The van der Waals surface area contributed by atoms with Gasteiger partial charge >= 0.3 is 0 Å². The van der Waals surface area contributed by atoms with Crippen molar-refractivity contribution >= 4 is 11.0 Å². The molecule has 2 atom stereocenters. The van der Waals surface area contributed by atoms with Gasteiger partial charge in [-0.1, -0.05) is 18.6 Å². The molecule has 0 bridgehead atoms. The van der Waals surface area contributed by atoms with E-state index in [4.69, 9.17) is 0 Å². The smallest absolute Gasteiger partial charge is 0.0955 e. The minimum Gasteiger partial charge on any atom is -0.388 e. The van der Waals surface area contributed by atoms with Gasteiger partial charge in [-0.2, -0.15) is 0 Å². The summed E-state index contributed by atoms with van der Waals surface area (Å²) in [5, 5.41) is 14.0. The number of nitrogens with zero attached hydrogens (tertiary/aromatic N) is 2. The number of hydrogen-bond acceptors (Lipinski definition) is 3. The highest BCUT2D eigenvalue weighted by Crippen LogP contribution is 2.27. The van der Waals surface area contributed by atoms with Crippen LogP contribution in [0.5, 0.6) is 0 Å². The Kier molecular flexibility index (Phi) is 3.53. The van der Waals surface area contributed by atoms with Crippen molar-refractivity contribution in [1.29, 1.82) is 0 Å². The van der Waals surface area contributed by atoms with E-state index in [1.807, 2.05) is 29.8 Å². The van der Waals surface area contributed by atoms with Gasteiger partial charge in [0, 0.05) is 18.7 Å². The van der Waals surface area contributed by atoms with Gasteiger partial charge in [-0.25, -0.2) is 4.98 Å². The van der Waals surface area contributed by atoms with Gasteiger partial charge in [0.2, 0.25) is 0 Å². The topological polar surface area (TPSA) is 50.1 Å². The summed E-state index contributed by atoms with van der Waals surface area (Å²) in [6.45, 7) is 1.07. The number of fused-ring (bicyclic) bond motifs is 1. The third kappa shape index (κ3) is 2.51. The number of aromatic nitrogens is 2. The summed E-state index contributed by atoms with van der Waals surface area (Å²) in [6, 6.07) is 6.46. The van der Waals surface area contributed by atoms with Gasteiger partial charge in [0.1, 0.15) is 0 Å². The van der Waals surface area contributed by atoms with E-state index in [-0.39, 0.29) is 0 Å². The lowest BCUT2D eigenvalue weighted by Gasteiger charge is -2.25. The van der Waals surface area contributed by atoms with Crippen molar-refractivity contribution in [3.63, 3.8) is 0 Å². The zero-order valence-electron chi connectivity index (χ0n) is 11.3. The first-order valence-corrected chi connectivity index (χ1v) is 7.07. The summed E-state index contributed by atoms with van der Waals surface area (Å²) in [4.78, 5) is 4.41. The molecule has 1 saturated heterocycles. The molecule has 0 spiro atoms. The zero-order valence-corrected chi connectivity index (χ0v) is 11.3. The molecule has 1 aromatic heterocycles. The van der Waals surface area contributed by atoms with Crippen LogP contribution in [-0.2, 0) is 7.05 Å². The largest absolute Gasteiger partial charge is 0.388 e. The number of hydrogen-bond donors (Lipinski definition) is 2. The first-order chi connectivity index (χ1) is 9.25. The Balaban J connectivity index is 1.82. The standard InChI is InChI=1S/C15H21N3O/c1-18-10-17-15-12(6-4-7-13(15)18)14(19)9-11-5-2-3-8-16-11/h4,6-7,10-11,14,16,19H,2-3,5,8-9H2,1H3. The minimum absolute atomic E-state index is 0.433. The maximum absolute atomic E-state index is 10.5. The second kappa shape index (κ2) is 5.31. The monoisotopic (exact) mass is 259 g/mol. The number of aryl methyl sites for hydroxylation is 1. The molecule has 4 nitrogen and oxygen atoms in total. The van der Waals surface area contributed by atoms with Gasteiger partial charge in [-0.05, 0) is 31.9 Å². The van der Waals surface area contributed by atoms with E-state index in [9.17, 15) is 5.11 Å². The van der Waals surface area contributed by atoms with Gasteiger partial charge in [0.05, 0.1) is 23.5 Å². The lowest BCUT2D eigenvalue weighted by atomic mass is 9.95. The fourth-order valence-electron chi connectivity index (χ4n) is 2.97. The minimum atomic E-state index is -0.436. The molecule has 4 heteroatoms. The number of aliphatic hydroxyl groups excluding tert-OH is 1. The van der Waals surface area contributed by atoms with Crippen LogP contribution in [0, 0.1) is 0 Å². The van der Waals surface area contributed by atoms with E-state index in [1.165, 1.54) is 12.8 Å². The van der Waals surface area contributed by atoms with Gasteiger partial charge < -0.3 is 15.0 Å². The maximum Gasteiger partial charge on any atom is 0.0955 e. The van der Waals surface area contributed by atoms with Gasteiger partial charge in [0.15, 0.2) is 0 Å². The Morgan fingerprint density at radius 3 is 3.16 bits per heavy atom. The predicted octanol–water partition coefficient (Wildman–Crippen LogP) is 2.14. The molecule has 0 saturated carbocycles. The fourth-order valence-corrected chi connectivity index (χ4v) is 2.97. The van der Waals surface area contributed by atoms with Crippen LogP contribution < -0.4 is 5.32 Å². The van der Waals surface area contributed by atoms with Crippen LogP contribution in [0.15, 0.2) is 24.5 Å². The van der Waals surface area contributed by atoms with E-state index in [0.717, 1.165) is 36.0 Å². The zero-order chi connectivity index (χ0) is 13.2. The van der Waals surface area contributed by atoms with Crippen LogP contribution >= 0.6 is 0 Å². The van der Waals surface area contributed by atoms with Gasteiger partial charge in [0.25, 0.3) is 0 Å². The maximum atomic E-state index is 10.5. The van der Waals surface area contributed by atoms with Crippen molar-refractivity contribution in [3.8, 4) is 0 Å². The molecule has 102 valence electrons. The molecule has 1 fully saturated rings. The summed E-state index contributed by atoms with van der Waals surface area (Å²) in [5.41, 5.74) is 2.95. The fraction of sp³-hybridized carbons (Fsp3) is 0.533. The lowest BCUT2D eigenvalue weighted by molar-refractivity contribution is 0.146. The molecular formula is C15H21N3O. The molecule has 0 aliphatic carbocycles. The Morgan fingerprint density at radius 1 is 1.47 bits per heavy atom. The quantitative estimate of drug-likeness (QED) is 0.888. The molecule has 2 N–H and O–H groups in total. The van der Waals surface area contributed by atoms with Crippen molar-refractivity contribution < 1.29 is 5.11 Å². The van der Waals surface area contributed by atoms with Crippen LogP contribution in [-0.4, -0.2) is 27.2 Å². The van der Waals surface area contributed by atoms with Crippen LogP contribution in [0.1, 0.15) is 37.4 Å². The van der Waals surface area contributed by atoms with Crippen molar-refractivity contribution in [2.75, 3.05) is 6.54 Å². The van der Waals surface area contributed by atoms with Crippen LogP contribution in [0.4, 0.5) is 0 Å². The summed E-state index contributed by atoms with van der Waals surface area (Å²) in [7, 11) is 1.98. The summed E-state index contributed by atoms with van der Waals surface area (Å²) in [6.07, 6.45) is 5.82. The molecule has 0 radical (unpaired) electrons. The van der Waals surface area contributed by atoms with Crippen molar-refractivity contribution in [2.24, 2.45) is 7.05 Å². The highest BCUT2D eigenvalue weighted by molar-refractivity contribution is 5.79. The average molecular weight is 259 g/mol. The van der Waals surface area contributed by atoms with E-state index in [1.54, 1.807) is 6.33 Å². The van der Waals surface area contributed by atoms with Crippen molar-refractivity contribution in [1.82, 2.24) is 14.9 Å². The average Bonchev–Trinajstić information content (AvgIpc) is 2.82. The Hall–Kier alpha value is -1.39. The van der Waals surface area contributed by atoms with E-state index < -0.39 is 6.10 Å². The molecule has 1 aromatic carbocycles. The van der Waals surface area contributed by atoms with Gasteiger partial charge in [-0.15, -0.1) is 0 Å². The van der Waals surface area contributed by atoms with E-state index in [2.05, 4.69) is 10.3 Å². The molecule has 1 aliphatic rings.